The van der Waals surface area contributed by atoms with Crippen molar-refractivity contribution in [2.24, 2.45) is 5.92 Å². The first kappa shape index (κ1) is 23.5. The summed E-state index contributed by atoms with van der Waals surface area (Å²) in [6.45, 7) is 0.143. The molecule has 0 saturated carbocycles. The Hall–Kier alpha value is -4.26. The molecule has 2 aliphatic rings. The van der Waals surface area contributed by atoms with Gasteiger partial charge < -0.3 is 15.0 Å². The predicted octanol–water partition coefficient (Wildman–Crippen LogP) is 2.21. The molecule has 2 aromatic carbocycles. The lowest BCUT2D eigenvalue weighted by atomic mass is 10.1. The maximum Gasteiger partial charge on any atom is 0.269 e. The van der Waals surface area contributed by atoms with Gasteiger partial charge in [-0.3, -0.25) is 19.7 Å². The van der Waals surface area contributed by atoms with Crippen LogP contribution in [0.15, 0.2) is 48.5 Å². The molecule has 0 aliphatic carbocycles. The number of nitro groups is 1. The van der Waals surface area contributed by atoms with Gasteiger partial charge in [-0.1, -0.05) is 6.07 Å². The summed E-state index contributed by atoms with van der Waals surface area (Å²) < 4.78 is 31.0. The van der Waals surface area contributed by atoms with Gasteiger partial charge in [0.1, 0.15) is 11.6 Å². The number of ether oxygens (including phenoxy) is 1. The number of nitrogens with zero attached hydrogens (tertiary/aromatic N) is 4. The average Bonchev–Trinajstić information content (AvgIpc) is 3.49. The van der Waals surface area contributed by atoms with Gasteiger partial charge in [0.25, 0.3) is 5.69 Å². The molecule has 0 radical (unpaired) electrons. The fourth-order valence-electron chi connectivity index (χ4n) is 4.40. The van der Waals surface area contributed by atoms with E-state index in [4.69, 9.17) is 4.74 Å². The molecule has 0 spiro atoms. The molecule has 13 heteroatoms. The molecular formula is C23H21N5O7S. The van der Waals surface area contributed by atoms with Crippen LogP contribution in [-0.4, -0.2) is 48.6 Å². The van der Waals surface area contributed by atoms with Gasteiger partial charge in [-0.15, -0.1) is 0 Å². The largest absolute Gasteiger partial charge is 0.497 e. The van der Waals surface area contributed by atoms with Crippen LogP contribution in [0, 0.1) is 16.0 Å². The Bertz CT molecular complexity index is 1500. The molecule has 5 rings (SSSR count). The summed E-state index contributed by atoms with van der Waals surface area (Å²) in [4.78, 5) is 37.9. The number of non-ortho nitro benzene ring substituents is 1. The molecule has 3 heterocycles. The monoisotopic (exact) mass is 511 g/mol. The van der Waals surface area contributed by atoms with Crippen molar-refractivity contribution in [3.05, 3.63) is 69.9 Å². The number of benzene rings is 2. The molecule has 12 nitrogen and oxygen atoms in total. The highest BCUT2D eigenvalue weighted by Crippen LogP contribution is 2.34. The molecule has 0 bridgehead atoms. The van der Waals surface area contributed by atoms with E-state index < -0.39 is 26.6 Å². The number of nitrogens with one attached hydrogen (secondary N) is 1. The molecule has 1 unspecified atom stereocenters. The lowest BCUT2D eigenvalue weighted by molar-refractivity contribution is -0.384. The van der Waals surface area contributed by atoms with Crippen molar-refractivity contribution in [3.63, 3.8) is 0 Å². The van der Waals surface area contributed by atoms with Crippen LogP contribution in [0.2, 0.25) is 0 Å². The number of carbonyl (C=O) groups is 2. The van der Waals surface area contributed by atoms with E-state index in [1.807, 2.05) is 0 Å². The van der Waals surface area contributed by atoms with E-state index in [0.29, 0.717) is 28.4 Å². The van der Waals surface area contributed by atoms with Crippen molar-refractivity contribution >= 4 is 38.8 Å². The molecule has 1 N–H and O–H groups in total. The number of aromatic nitrogens is 2. The van der Waals surface area contributed by atoms with Crippen LogP contribution in [0.4, 0.5) is 17.2 Å². The Morgan fingerprint density at radius 3 is 2.61 bits per heavy atom. The third kappa shape index (κ3) is 4.28. The normalized spacial score (nSPS) is 18.2. The van der Waals surface area contributed by atoms with Crippen LogP contribution < -0.4 is 15.0 Å². The molecule has 3 aromatic rings. The number of anilines is 2. The first-order valence-corrected chi connectivity index (χ1v) is 12.8. The van der Waals surface area contributed by atoms with E-state index in [0.717, 1.165) is 0 Å². The minimum atomic E-state index is -3.41. The smallest absolute Gasteiger partial charge is 0.269 e. The van der Waals surface area contributed by atoms with Gasteiger partial charge in [0, 0.05) is 42.4 Å². The van der Waals surface area contributed by atoms with Crippen molar-refractivity contribution in [3.8, 4) is 11.4 Å². The minimum Gasteiger partial charge on any atom is -0.497 e. The zero-order valence-electron chi connectivity index (χ0n) is 19.1. The predicted molar refractivity (Wildman–Crippen MR) is 129 cm³/mol. The summed E-state index contributed by atoms with van der Waals surface area (Å²) in [7, 11) is -1.89. The number of sulfone groups is 1. The maximum atomic E-state index is 13.3. The lowest BCUT2D eigenvalue weighted by Gasteiger charge is -2.18. The molecule has 1 fully saturated rings. The molecule has 1 aromatic heterocycles. The summed E-state index contributed by atoms with van der Waals surface area (Å²) in [5.74, 6) is -1.16. The van der Waals surface area contributed by atoms with Crippen molar-refractivity contribution in [1.29, 1.82) is 0 Å². The highest BCUT2D eigenvalue weighted by molar-refractivity contribution is 7.90. The molecule has 186 valence electrons. The maximum absolute atomic E-state index is 13.3. The van der Waals surface area contributed by atoms with Crippen LogP contribution in [0.1, 0.15) is 17.7 Å². The Kier molecular flexibility index (Phi) is 5.71. The van der Waals surface area contributed by atoms with Crippen LogP contribution in [0.3, 0.4) is 0 Å². The minimum absolute atomic E-state index is 0.0186. The van der Waals surface area contributed by atoms with E-state index in [2.05, 4.69) is 10.4 Å². The third-order valence-corrected chi connectivity index (χ3v) is 7.64. The van der Waals surface area contributed by atoms with Gasteiger partial charge in [0.05, 0.1) is 40.8 Å². The zero-order valence-corrected chi connectivity index (χ0v) is 19.9. The number of hydrogen-bond acceptors (Lipinski definition) is 8. The third-order valence-electron chi connectivity index (χ3n) is 6.20. The highest BCUT2D eigenvalue weighted by atomic mass is 32.2. The van der Waals surface area contributed by atoms with E-state index in [1.54, 1.807) is 24.3 Å². The molecule has 1 atom stereocenters. The van der Waals surface area contributed by atoms with Gasteiger partial charge in [-0.2, -0.15) is 5.10 Å². The number of fused-ring (bicyclic) bond motifs is 1. The second-order valence-electron chi connectivity index (χ2n) is 8.59. The Morgan fingerprint density at radius 1 is 1.17 bits per heavy atom. The number of carbonyl (C=O) groups excluding carboxylic acids is 2. The molecule has 1 saturated heterocycles. The first-order valence-electron chi connectivity index (χ1n) is 11.0. The fourth-order valence-corrected chi connectivity index (χ4v) is 5.90. The van der Waals surface area contributed by atoms with Crippen LogP contribution in [0.5, 0.6) is 5.75 Å². The number of hydrogen-bond donors (Lipinski definition) is 1. The fraction of sp³-hybridized carbons (Fsp3) is 0.261. The van der Waals surface area contributed by atoms with Crippen LogP contribution >= 0.6 is 0 Å². The van der Waals surface area contributed by atoms with Gasteiger partial charge in [-0.05, 0) is 24.3 Å². The number of rotatable bonds is 6. The molecule has 36 heavy (non-hydrogen) atoms. The Labute approximate surface area is 205 Å². The van der Waals surface area contributed by atoms with Crippen LogP contribution in [0.25, 0.3) is 5.69 Å². The topological polar surface area (TPSA) is 154 Å². The SMILES string of the molecule is COc1cccc(N2CC(C(=O)Nc3c4c(nn3-c3ccc([N+](=O)[O-])cc3)CS(=O)(=O)C4)CC2=O)c1. The van der Waals surface area contributed by atoms with Gasteiger partial charge in [0.2, 0.25) is 11.8 Å². The van der Waals surface area contributed by atoms with E-state index >= 15 is 0 Å². The summed E-state index contributed by atoms with van der Waals surface area (Å²) in [5.41, 5.74) is 1.59. The quantitative estimate of drug-likeness (QED) is 0.390. The number of methoxy groups -OCH3 is 1. The molecular weight excluding hydrogens is 490 g/mol. The van der Waals surface area contributed by atoms with Crippen molar-refractivity contribution in [2.75, 3.05) is 23.9 Å². The van der Waals surface area contributed by atoms with Crippen molar-refractivity contribution < 1.29 is 27.7 Å². The second-order valence-corrected chi connectivity index (χ2v) is 10.7. The van der Waals surface area contributed by atoms with Crippen molar-refractivity contribution in [1.82, 2.24) is 9.78 Å². The van der Waals surface area contributed by atoms with E-state index in [9.17, 15) is 28.1 Å². The highest BCUT2D eigenvalue weighted by Gasteiger charge is 2.38. The average molecular weight is 512 g/mol. The zero-order chi connectivity index (χ0) is 25.6. The molecule has 2 aliphatic heterocycles. The summed E-state index contributed by atoms with van der Waals surface area (Å²) in [5, 5.41) is 18.2. The summed E-state index contributed by atoms with van der Waals surface area (Å²) in [6, 6.07) is 12.5. The summed E-state index contributed by atoms with van der Waals surface area (Å²) >= 11 is 0. The summed E-state index contributed by atoms with van der Waals surface area (Å²) in [6.07, 6.45) is -0.0186. The van der Waals surface area contributed by atoms with Gasteiger partial charge in [0.15, 0.2) is 9.84 Å². The van der Waals surface area contributed by atoms with Gasteiger partial charge >= 0.3 is 0 Å². The van der Waals surface area contributed by atoms with Gasteiger partial charge in [-0.25, -0.2) is 13.1 Å². The number of amides is 2. The van der Waals surface area contributed by atoms with Crippen LogP contribution in [-0.2, 0) is 30.9 Å². The Balaban J connectivity index is 1.43. The lowest BCUT2D eigenvalue weighted by Crippen LogP contribution is -2.29. The van der Waals surface area contributed by atoms with E-state index in [1.165, 1.54) is 41.0 Å². The first-order chi connectivity index (χ1) is 17.1. The Morgan fingerprint density at radius 2 is 1.92 bits per heavy atom. The standard InChI is InChI=1S/C23H21N5O7S/c1-35-18-4-2-3-17(10-18)26-11-14(9-21(26)29)23(30)24-22-19-12-36(33,34)13-20(19)25-27(22)15-5-7-16(8-6-15)28(31)32/h2-8,10,14H,9,11-13H2,1H3,(H,24,30). The van der Waals surface area contributed by atoms with E-state index in [-0.39, 0.29) is 41.9 Å². The van der Waals surface area contributed by atoms with Crippen molar-refractivity contribution in [2.45, 2.75) is 17.9 Å². The number of nitro benzene ring substituents is 1. The second kappa shape index (κ2) is 8.75. The molecule has 2 amide bonds.